The predicted octanol–water partition coefficient (Wildman–Crippen LogP) is 2.67. The molecule has 0 saturated heterocycles. The fourth-order valence-corrected chi connectivity index (χ4v) is 1.71. The van der Waals surface area contributed by atoms with Crippen molar-refractivity contribution in [3.8, 4) is 0 Å². The Hall–Kier alpha value is -0.380. The second-order valence-electron chi connectivity index (χ2n) is 2.36. The average molecular weight is 260 g/mol. The van der Waals surface area contributed by atoms with Crippen LogP contribution in [0.1, 0.15) is 22.8 Å². The van der Waals surface area contributed by atoms with E-state index in [0.29, 0.717) is 0 Å². The van der Waals surface area contributed by atoms with Gasteiger partial charge in [0.25, 0.3) is 0 Å². The summed E-state index contributed by atoms with van der Waals surface area (Å²) in [5.74, 6) is 0. The number of halogens is 1. The first-order chi connectivity index (χ1) is 5.26. The van der Waals surface area contributed by atoms with Crippen molar-refractivity contribution in [1.29, 1.82) is 0 Å². The zero-order valence-electron chi connectivity index (χ0n) is 6.30. The standard InChI is InChI=1S/C9H9IO/c1-2-7-3-8(6-11)5-9(10)4-7/h3-6H,2H2,1H3. The van der Waals surface area contributed by atoms with Gasteiger partial charge in [0.1, 0.15) is 6.29 Å². The molecule has 1 aromatic rings. The highest BCUT2D eigenvalue weighted by Crippen LogP contribution is 2.11. The fourth-order valence-electron chi connectivity index (χ4n) is 0.948. The number of hydrogen-bond acceptors (Lipinski definition) is 1. The second kappa shape index (κ2) is 3.85. The van der Waals surface area contributed by atoms with Crippen LogP contribution in [-0.2, 0) is 6.42 Å². The van der Waals surface area contributed by atoms with Crippen LogP contribution in [0.15, 0.2) is 18.2 Å². The molecule has 58 valence electrons. The minimum Gasteiger partial charge on any atom is -0.298 e. The molecule has 0 amide bonds. The molecule has 0 aliphatic rings. The summed E-state index contributed by atoms with van der Waals surface area (Å²) < 4.78 is 1.13. The van der Waals surface area contributed by atoms with Gasteiger partial charge in [0, 0.05) is 9.13 Å². The summed E-state index contributed by atoms with van der Waals surface area (Å²) in [6.07, 6.45) is 1.87. The Morgan fingerprint density at radius 2 is 2.18 bits per heavy atom. The van der Waals surface area contributed by atoms with E-state index in [1.807, 2.05) is 12.1 Å². The van der Waals surface area contributed by atoms with Gasteiger partial charge in [-0.3, -0.25) is 4.79 Å². The van der Waals surface area contributed by atoms with Crippen molar-refractivity contribution >= 4 is 28.9 Å². The number of hydrogen-bond donors (Lipinski definition) is 0. The summed E-state index contributed by atoms with van der Waals surface area (Å²) in [6.45, 7) is 2.08. The fraction of sp³-hybridized carbons (Fsp3) is 0.222. The van der Waals surface area contributed by atoms with Crippen LogP contribution in [0.25, 0.3) is 0 Å². The molecule has 2 heteroatoms. The first-order valence-corrected chi connectivity index (χ1v) is 4.58. The summed E-state index contributed by atoms with van der Waals surface area (Å²) in [4.78, 5) is 10.4. The Morgan fingerprint density at radius 3 is 2.73 bits per heavy atom. The largest absolute Gasteiger partial charge is 0.298 e. The molecule has 0 aromatic heterocycles. The van der Waals surface area contributed by atoms with Crippen molar-refractivity contribution in [2.45, 2.75) is 13.3 Å². The van der Waals surface area contributed by atoms with E-state index < -0.39 is 0 Å². The van der Waals surface area contributed by atoms with E-state index in [4.69, 9.17) is 0 Å². The summed E-state index contributed by atoms with van der Waals surface area (Å²) in [6, 6.07) is 5.90. The predicted molar refractivity (Wildman–Crippen MR) is 53.9 cm³/mol. The van der Waals surface area contributed by atoms with Gasteiger partial charge in [-0.05, 0) is 52.8 Å². The highest BCUT2D eigenvalue weighted by atomic mass is 127. The van der Waals surface area contributed by atoms with Crippen molar-refractivity contribution in [2.75, 3.05) is 0 Å². The molecule has 0 unspecified atom stereocenters. The van der Waals surface area contributed by atoms with Crippen LogP contribution in [0, 0.1) is 3.57 Å². The molecule has 0 radical (unpaired) electrons. The molecule has 11 heavy (non-hydrogen) atoms. The lowest BCUT2D eigenvalue weighted by Gasteiger charge is -1.98. The first kappa shape index (κ1) is 8.71. The number of rotatable bonds is 2. The number of carbonyl (C=O) groups excluding carboxylic acids is 1. The summed E-state index contributed by atoms with van der Waals surface area (Å²) in [7, 11) is 0. The molecule has 1 aromatic carbocycles. The topological polar surface area (TPSA) is 17.1 Å². The molecule has 0 bridgehead atoms. The van der Waals surface area contributed by atoms with E-state index in [9.17, 15) is 4.79 Å². The molecule has 0 saturated carbocycles. The Balaban J connectivity index is 3.11. The number of aryl methyl sites for hydroxylation is 1. The Morgan fingerprint density at radius 1 is 1.45 bits per heavy atom. The summed E-state index contributed by atoms with van der Waals surface area (Å²) in [5.41, 5.74) is 1.99. The third-order valence-electron chi connectivity index (χ3n) is 1.52. The second-order valence-corrected chi connectivity index (χ2v) is 3.61. The van der Waals surface area contributed by atoms with Gasteiger partial charge in [-0.25, -0.2) is 0 Å². The lowest BCUT2D eigenvalue weighted by Crippen LogP contribution is -1.86. The van der Waals surface area contributed by atoms with Gasteiger partial charge in [-0.1, -0.05) is 6.92 Å². The lowest BCUT2D eigenvalue weighted by atomic mass is 10.1. The lowest BCUT2D eigenvalue weighted by molar-refractivity contribution is 0.112. The van der Waals surface area contributed by atoms with Gasteiger partial charge in [-0.15, -0.1) is 0 Å². The SMILES string of the molecule is CCc1cc(I)cc(C=O)c1. The van der Waals surface area contributed by atoms with E-state index in [-0.39, 0.29) is 0 Å². The molecule has 1 nitrogen and oxygen atoms in total. The maximum atomic E-state index is 10.4. The van der Waals surface area contributed by atoms with E-state index in [1.54, 1.807) is 0 Å². The molecule has 0 aliphatic heterocycles. The maximum Gasteiger partial charge on any atom is 0.150 e. The number of carbonyl (C=O) groups is 1. The van der Waals surface area contributed by atoms with E-state index in [1.165, 1.54) is 5.56 Å². The van der Waals surface area contributed by atoms with Gasteiger partial charge in [0.05, 0.1) is 0 Å². The van der Waals surface area contributed by atoms with Crippen molar-refractivity contribution in [1.82, 2.24) is 0 Å². The number of benzene rings is 1. The van der Waals surface area contributed by atoms with Crippen LogP contribution in [0.2, 0.25) is 0 Å². The van der Waals surface area contributed by atoms with Crippen LogP contribution in [0.3, 0.4) is 0 Å². The zero-order chi connectivity index (χ0) is 8.27. The van der Waals surface area contributed by atoms with E-state index in [0.717, 1.165) is 21.8 Å². The Labute approximate surface area is 79.9 Å². The monoisotopic (exact) mass is 260 g/mol. The molecule has 1 rings (SSSR count). The van der Waals surface area contributed by atoms with Crippen LogP contribution in [-0.4, -0.2) is 6.29 Å². The quantitative estimate of drug-likeness (QED) is 0.590. The summed E-state index contributed by atoms with van der Waals surface area (Å²) in [5, 5.41) is 0. The molecular formula is C9H9IO. The van der Waals surface area contributed by atoms with Crippen molar-refractivity contribution in [3.63, 3.8) is 0 Å². The molecule has 0 spiro atoms. The first-order valence-electron chi connectivity index (χ1n) is 3.51. The maximum absolute atomic E-state index is 10.4. The molecule has 0 fully saturated rings. The third-order valence-corrected chi connectivity index (χ3v) is 2.15. The normalized spacial score (nSPS) is 9.64. The number of aldehydes is 1. The van der Waals surface area contributed by atoms with Crippen LogP contribution >= 0.6 is 22.6 Å². The Bertz CT molecular complexity index is 268. The average Bonchev–Trinajstić information content (AvgIpc) is 2.03. The third kappa shape index (κ3) is 2.29. The molecule has 0 heterocycles. The highest BCUT2D eigenvalue weighted by molar-refractivity contribution is 14.1. The van der Waals surface area contributed by atoms with Gasteiger partial charge in [-0.2, -0.15) is 0 Å². The van der Waals surface area contributed by atoms with Crippen LogP contribution < -0.4 is 0 Å². The molecule has 0 N–H and O–H groups in total. The van der Waals surface area contributed by atoms with E-state index >= 15 is 0 Å². The minimum absolute atomic E-state index is 0.772. The molecule has 0 atom stereocenters. The van der Waals surface area contributed by atoms with Gasteiger partial charge in [0.15, 0.2) is 0 Å². The van der Waals surface area contributed by atoms with Crippen molar-refractivity contribution < 1.29 is 4.79 Å². The highest BCUT2D eigenvalue weighted by Gasteiger charge is 1.95. The summed E-state index contributed by atoms with van der Waals surface area (Å²) >= 11 is 2.22. The van der Waals surface area contributed by atoms with Crippen LogP contribution in [0.5, 0.6) is 0 Å². The smallest absolute Gasteiger partial charge is 0.150 e. The van der Waals surface area contributed by atoms with Crippen molar-refractivity contribution in [2.24, 2.45) is 0 Å². The zero-order valence-corrected chi connectivity index (χ0v) is 8.46. The Kier molecular flexibility index (Phi) is 3.05. The molecule has 0 aliphatic carbocycles. The van der Waals surface area contributed by atoms with Gasteiger partial charge >= 0.3 is 0 Å². The molecular weight excluding hydrogens is 251 g/mol. The van der Waals surface area contributed by atoms with Crippen LogP contribution in [0.4, 0.5) is 0 Å². The minimum atomic E-state index is 0.772. The van der Waals surface area contributed by atoms with E-state index in [2.05, 4.69) is 35.6 Å². The van der Waals surface area contributed by atoms with Gasteiger partial charge < -0.3 is 0 Å². The van der Waals surface area contributed by atoms with Crippen molar-refractivity contribution in [3.05, 3.63) is 32.9 Å². The van der Waals surface area contributed by atoms with Gasteiger partial charge in [0.2, 0.25) is 0 Å².